The van der Waals surface area contributed by atoms with Gasteiger partial charge in [0.25, 0.3) is 0 Å². The minimum atomic E-state index is 0.287. The molecule has 0 aromatic rings. The van der Waals surface area contributed by atoms with Crippen LogP contribution in [0.4, 0.5) is 0 Å². The molecule has 1 rings (SSSR count). The Morgan fingerprint density at radius 2 is 1.77 bits per heavy atom. The highest BCUT2D eigenvalue weighted by molar-refractivity contribution is 5.74. The Morgan fingerprint density at radius 1 is 1.09 bits per heavy atom. The Hall–Kier alpha value is -1.63. The molecular weight excluding hydrogens is 268 g/mol. The van der Waals surface area contributed by atoms with Gasteiger partial charge >= 0.3 is 0 Å². The van der Waals surface area contributed by atoms with E-state index in [1.807, 2.05) is 26.0 Å². The highest BCUT2D eigenvalue weighted by Gasteiger charge is 2.26. The quantitative estimate of drug-likeness (QED) is 0.340. The molecule has 0 atom stereocenters. The maximum atomic E-state index is 10.7. The molecule has 1 nitrogen and oxygen atoms in total. The molecule has 0 aromatic carbocycles. The van der Waals surface area contributed by atoms with Gasteiger partial charge in [-0.25, -0.2) is 0 Å². The first-order valence-electron chi connectivity index (χ1n) is 8.14. The average molecular weight is 298 g/mol. The van der Waals surface area contributed by atoms with E-state index >= 15 is 0 Å². The summed E-state index contributed by atoms with van der Waals surface area (Å²) in [4.78, 5) is 10.7. The second-order valence-electron chi connectivity index (χ2n) is 7.02. The molecule has 0 unspecified atom stereocenters. The Labute approximate surface area is 136 Å². The van der Waals surface area contributed by atoms with Gasteiger partial charge in [-0.15, -0.1) is 0 Å². The van der Waals surface area contributed by atoms with E-state index < -0.39 is 0 Å². The number of rotatable bonds is 5. The molecule has 1 aliphatic rings. The van der Waals surface area contributed by atoms with Crippen LogP contribution in [0.1, 0.15) is 60.8 Å². The molecule has 120 valence electrons. The number of aldehydes is 1. The fourth-order valence-electron chi connectivity index (χ4n) is 2.85. The number of carbonyl (C=O) groups excluding carboxylic acids is 1. The van der Waals surface area contributed by atoms with E-state index in [1.165, 1.54) is 36.0 Å². The second-order valence-corrected chi connectivity index (χ2v) is 7.02. The number of carbonyl (C=O) groups is 1. The van der Waals surface area contributed by atoms with Crippen LogP contribution in [-0.2, 0) is 4.79 Å². The van der Waals surface area contributed by atoms with Gasteiger partial charge in [0, 0.05) is 0 Å². The van der Waals surface area contributed by atoms with Gasteiger partial charge in [-0.1, -0.05) is 55.4 Å². The lowest BCUT2D eigenvalue weighted by Gasteiger charge is -2.32. The first kappa shape index (κ1) is 18.4. The highest BCUT2D eigenvalue weighted by Crippen LogP contribution is 2.40. The van der Waals surface area contributed by atoms with Crippen molar-refractivity contribution >= 4 is 6.29 Å². The molecule has 0 N–H and O–H groups in total. The molecule has 0 fully saturated rings. The van der Waals surface area contributed by atoms with Gasteiger partial charge in [0.15, 0.2) is 0 Å². The summed E-state index contributed by atoms with van der Waals surface area (Å²) in [6.07, 6.45) is 15.2. The van der Waals surface area contributed by atoms with Crippen molar-refractivity contribution in [3.63, 3.8) is 0 Å². The molecule has 0 spiro atoms. The van der Waals surface area contributed by atoms with Crippen molar-refractivity contribution < 1.29 is 4.79 Å². The van der Waals surface area contributed by atoms with Crippen molar-refractivity contribution in [1.82, 2.24) is 0 Å². The van der Waals surface area contributed by atoms with Crippen LogP contribution in [0.3, 0.4) is 0 Å². The molecule has 0 aromatic heterocycles. The van der Waals surface area contributed by atoms with Gasteiger partial charge in [0.2, 0.25) is 0 Å². The van der Waals surface area contributed by atoms with Crippen molar-refractivity contribution in [2.24, 2.45) is 5.41 Å². The van der Waals surface area contributed by atoms with Crippen LogP contribution in [0.2, 0.25) is 0 Å². The van der Waals surface area contributed by atoms with Gasteiger partial charge in [-0.2, -0.15) is 0 Å². The smallest absolute Gasteiger partial charge is 0.146 e. The summed E-state index contributed by atoms with van der Waals surface area (Å²) < 4.78 is 0. The van der Waals surface area contributed by atoms with Crippen molar-refractivity contribution in [2.75, 3.05) is 0 Å². The topological polar surface area (TPSA) is 17.1 Å². The van der Waals surface area contributed by atoms with Crippen LogP contribution in [0.5, 0.6) is 0 Å². The van der Waals surface area contributed by atoms with Crippen LogP contribution in [0, 0.1) is 5.41 Å². The lowest BCUT2D eigenvalue weighted by molar-refractivity contribution is -0.104. The number of hydrogen-bond acceptors (Lipinski definition) is 1. The number of hydrogen-bond donors (Lipinski definition) is 0. The summed E-state index contributed by atoms with van der Waals surface area (Å²) in [6, 6.07) is 0. The SMILES string of the molecule is CC(C=CC1=C(C)CCCC1(C)C)=C/C=C\C(C)=C(C)C=O. The summed E-state index contributed by atoms with van der Waals surface area (Å²) in [5.74, 6) is 0. The summed E-state index contributed by atoms with van der Waals surface area (Å²) in [5, 5.41) is 0. The largest absolute Gasteiger partial charge is 0.298 e. The zero-order valence-electron chi connectivity index (χ0n) is 15.0. The lowest BCUT2D eigenvalue weighted by atomic mass is 9.72. The molecular formula is C21H30O. The molecule has 0 saturated carbocycles. The zero-order valence-corrected chi connectivity index (χ0v) is 15.0. The summed E-state index contributed by atoms with van der Waals surface area (Å²) in [6.45, 7) is 12.8. The maximum absolute atomic E-state index is 10.7. The molecule has 0 amide bonds. The summed E-state index contributed by atoms with van der Waals surface area (Å²) in [5.41, 5.74) is 6.31. The zero-order chi connectivity index (χ0) is 16.8. The Kier molecular flexibility index (Phi) is 6.80. The Morgan fingerprint density at radius 3 is 2.36 bits per heavy atom. The van der Waals surface area contributed by atoms with Crippen LogP contribution in [0.25, 0.3) is 0 Å². The van der Waals surface area contributed by atoms with Gasteiger partial charge < -0.3 is 0 Å². The molecule has 0 saturated heterocycles. The highest BCUT2D eigenvalue weighted by atomic mass is 16.1. The van der Waals surface area contributed by atoms with Crippen LogP contribution in [-0.4, -0.2) is 6.29 Å². The second kappa shape index (κ2) is 8.12. The molecule has 1 aliphatic carbocycles. The van der Waals surface area contributed by atoms with Gasteiger partial charge in [0.1, 0.15) is 6.29 Å². The summed E-state index contributed by atoms with van der Waals surface area (Å²) in [7, 11) is 0. The predicted molar refractivity (Wildman–Crippen MR) is 96.8 cm³/mol. The van der Waals surface area contributed by atoms with E-state index in [2.05, 4.69) is 45.9 Å². The molecule has 0 radical (unpaired) electrons. The molecule has 0 bridgehead atoms. The lowest BCUT2D eigenvalue weighted by Crippen LogP contribution is -2.19. The van der Waals surface area contributed by atoms with Gasteiger partial charge in [-0.05, 0) is 69.1 Å². The van der Waals surface area contributed by atoms with Gasteiger partial charge in [0.05, 0.1) is 0 Å². The van der Waals surface area contributed by atoms with E-state index in [9.17, 15) is 4.79 Å². The fourth-order valence-corrected chi connectivity index (χ4v) is 2.85. The third kappa shape index (κ3) is 5.29. The first-order valence-corrected chi connectivity index (χ1v) is 8.14. The molecule has 22 heavy (non-hydrogen) atoms. The van der Waals surface area contributed by atoms with E-state index in [1.54, 1.807) is 0 Å². The van der Waals surface area contributed by atoms with E-state index in [-0.39, 0.29) is 5.41 Å². The normalized spacial score (nSPS) is 20.7. The van der Waals surface area contributed by atoms with Gasteiger partial charge in [-0.3, -0.25) is 4.79 Å². The van der Waals surface area contributed by atoms with Crippen LogP contribution < -0.4 is 0 Å². The van der Waals surface area contributed by atoms with Crippen molar-refractivity contribution in [3.05, 3.63) is 58.2 Å². The average Bonchev–Trinajstić information content (AvgIpc) is 2.45. The Bertz CT molecular complexity index is 563. The third-order valence-corrected chi connectivity index (χ3v) is 4.56. The van der Waals surface area contributed by atoms with Crippen molar-refractivity contribution in [3.8, 4) is 0 Å². The molecule has 1 heteroatoms. The number of allylic oxidation sites excluding steroid dienone is 10. The minimum Gasteiger partial charge on any atom is -0.298 e. The van der Waals surface area contributed by atoms with E-state index in [0.29, 0.717) is 0 Å². The van der Waals surface area contributed by atoms with Crippen molar-refractivity contribution in [1.29, 1.82) is 0 Å². The summed E-state index contributed by atoms with van der Waals surface area (Å²) >= 11 is 0. The predicted octanol–water partition coefficient (Wildman–Crippen LogP) is 6.11. The Balaban J connectivity index is 2.84. The third-order valence-electron chi connectivity index (χ3n) is 4.56. The van der Waals surface area contributed by atoms with Crippen LogP contribution >= 0.6 is 0 Å². The standard InChI is InChI=1S/C21H30O/c1-16(9-7-10-17(2)19(4)15-22)12-13-20-18(3)11-8-14-21(20,5)6/h7,9-10,12-13,15H,8,11,14H2,1-6H3/b10-7-,13-12?,16-9?,19-17?. The first-order chi connectivity index (χ1) is 10.3. The molecule has 0 aliphatic heterocycles. The monoisotopic (exact) mass is 298 g/mol. The van der Waals surface area contributed by atoms with E-state index in [0.717, 1.165) is 17.4 Å². The van der Waals surface area contributed by atoms with Crippen LogP contribution in [0.15, 0.2) is 58.2 Å². The minimum absolute atomic E-state index is 0.287. The fraction of sp³-hybridized carbons (Fsp3) is 0.476. The van der Waals surface area contributed by atoms with E-state index in [4.69, 9.17) is 0 Å². The molecule has 0 heterocycles. The van der Waals surface area contributed by atoms with Crippen molar-refractivity contribution in [2.45, 2.75) is 60.8 Å². The maximum Gasteiger partial charge on any atom is 0.146 e.